The van der Waals surface area contributed by atoms with Gasteiger partial charge in [-0.1, -0.05) is 23.7 Å². The van der Waals surface area contributed by atoms with E-state index in [9.17, 15) is 0 Å². The van der Waals surface area contributed by atoms with Crippen LogP contribution in [0, 0.1) is 0 Å². The van der Waals surface area contributed by atoms with Gasteiger partial charge in [-0.2, -0.15) is 0 Å². The number of nitrogens with zero attached hydrogens (tertiary/aromatic N) is 2. The lowest BCUT2D eigenvalue weighted by molar-refractivity contribution is 0.676. The summed E-state index contributed by atoms with van der Waals surface area (Å²) in [5.74, 6) is 0.767. The molecule has 6 heteroatoms. The summed E-state index contributed by atoms with van der Waals surface area (Å²) in [5.41, 5.74) is 2.33. The van der Waals surface area contributed by atoms with Gasteiger partial charge in [0.25, 0.3) is 0 Å². The molecule has 0 saturated heterocycles. The number of rotatable bonds is 4. The van der Waals surface area contributed by atoms with Crippen molar-refractivity contribution in [2.24, 2.45) is 12.0 Å². The summed E-state index contributed by atoms with van der Waals surface area (Å²) in [6, 6.07) is 12.1. The highest BCUT2D eigenvalue weighted by Crippen LogP contribution is 2.17. The molecule has 1 aromatic carbocycles. The largest absolute Gasteiger partial charge is 0.353 e. The average molecular weight is 433 g/mol. The lowest BCUT2D eigenvalue weighted by Gasteiger charge is -2.18. The Morgan fingerprint density at radius 2 is 2.09 bits per heavy atom. The van der Waals surface area contributed by atoms with E-state index < -0.39 is 0 Å². The van der Waals surface area contributed by atoms with Crippen LogP contribution in [0.2, 0.25) is 5.02 Å². The van der Waals surface area contributed by atoms with Crippen molar-refractivity contribution in [3.8, 4) is 0 Å². The molecule has 2 aromatic rings. The minimum atomic E-state index is 0. The minimum Gasteiger partial charge on any atom is -0.353 e. The van der Waals surface area contributed by atoms with Crippen LogP contribution in [0.1, 0.15) is 24.2 Å². The molecular weight excluding hydrogens is 411 g/mol. The Kier molecular flexibility index (Phi) is 7.75. The molecule has 0 spiro atoms. The summed E-state index contributed by atoms with van der Waals surface area (Å²) in [4.78, 5) is 4.26. The Labute approximate surface area is 154 Å². The third-order valence-corrected chi connectivity index (χ3v) is 3.65. The van der Waals surface area contributed by atoms with E-state index in [-0.39, 0.29) is 30.0 Å². The van der Waals surface area contributed by atoms with Gasteiger partial charge in [-0.05, 0) is 36.8 Å². The van der Waals surface area contributed by atoms with Gasteiger partial charge in [-0.15, -0.1) is 24.0 Å². The van der Waals surface area contributed by atoms with E-state index in [4.69, 9.17) is 11.6 Å². The van der Waals surface area contributed by atoms with Crippen LogP contribution in [0.3, 0.4) is 0 Å². The highest BCUT2D eigenvalue weighted by molar-refractivity contribution is 14.0. The number of benzene rings is 1. The van der Waals surface area contributed by atoms with Crippen LogP contribution in [-0.4, -0.2) is 17.6 Å². The van der Waals surface area contributed by atoms with Crippen LogP contribution in [0.25, 0.3) is 0 Å². The maximum Gasteiger partial charge on any atom is 0.191 e. The molecule has 0 amide bonds. The fourth-order valence-electron chi connectivity index (χ4n) is 2.11. The summed E-state index contributed by atoms with van der Waals surface area (Å²) in [5, 5.41) is 7.42. The lowest BCUT2D eigenvalue weighted by atomic mass is 10.1. The standard InChI is InChI=1S/C16H21ClN4.HI/c1-12(13-6-4-7-14(17)10-13)20-16(18-2)19-11-15-8-5-9-21(15)3;/h4-10,12H,11H2,1-3H3,(H2,18,19,20);1H. The Morgan fingerprint density at radius 1 is 1.32 bits per heavy atom. The second-order valence-corrected chi connectivity index (χ2v) is 5.39. The normalized spacial score (nSPS) is 12.5. The molecule has 0 radical (unpaired) electrons. The number of halogens is 2. The first-order valence-corrected chi connectivity index (χ1v) is 7.31. The molecule has 1 aromatic heterocycles. The Bertz CT molecular complexity index is 624. The van der Waals surface area contributed by atoms with E-state index in [1.165, 1.54) is 5.69 Å². The van der Waals surface area contributed by atoms with E-state index in [2.05, 4.69) is 33.2 Å². The fraction of sp³-hybridized carbons (Fsp3) is 0.312. The Balaban J connectivity index is 0.00000242. The molecule has 0 saturated carbocycles. The third kappa shape index (κ3) is 5.21. The van der Waals surface area contributed by atoms with E-state index in [0.717, 1.165) is 23.1 Å². The number of nitrogens with one attached hydrogen (secondary N) is 2. The van der Waals surface area contributed by atoms with Gasteiger partial charge in [0.1, 0.15) is 0 Å². The van der Waals surface area contributed by atoms with Crippen molar-refractivity contribution in [1.29, 1.82) is 0 Å². The number of aliphatic imine (C=N–C) groups is 1. The molecule has 0 fully saturated rings. The summed E-state index contributed by atoms with van der Waals surface area (Å²) in [7, 11) is 3.80. The predicted octanol–water partition coefficient (Wildman–Crippen LogP) is 3.72. The number of hydrogen-bond donors (Lipinski definition) is 2. The zero-order chi connectivity index (χ0) is 15.2. The summed E-state index contributed by atoms with van der Waals surface area (Å²) in [6.45, 7) is 2.81. The van der Waals surface area contributed by atoms with Crippen molar-refractivity contribution < 1.29 is 0 Å². The summed E-state index contributed by atoms with van der Waals surface area (Å²) < 4.78 is 2.08. The maximum atomic E-state index is 6.03. The monoisotopic (exact) mass is 432 g/mol. The van der Waals surface area contributed by atoms with Crippen LogP contribution in [0.5, 0.6) is 0 Å². The molecule has 120 valence electrons. The predicted molar refractivity (Wildman–Crippen MR) is 104 cm³/mol. The minimum absolute atomic E-state index is 0. The molecular formula is C16H22ClIN4. The maximum absolute atomic E-state index is 6.03. The summed E-state index contributed by atoms with van der Waals surface area (Å²) in [6.07, 6.45) is 2.03. The van der Waals surface area contributed by atoms with E-state index in [1.807, 2.05) is 43.6 Å². The molecule has 2 N–H and O–H groups in total. The van der Waals surface area contributed by atoms with Crippen molar-refractivity contribution in [1.82, 2.24) is 15.2 Å². The van der Waals surface area contributed by atoms with Gasteiger partial charge in [0, 0.05) is 31.0 Å². The van der Waals surface area contributed by atoms with Crippen molar-refractivity contribution in [3.63, 3.8) is 0 Å². The fourth-order valence-corrected chi connectivity index (χ4v) is 2.31. The molecule has 0 aliphatic rings. The van der Waals surface area contributed by atoms with Crippen molar-refractivity contribution in [3.05, 3.63) is 58.9 Å². The second-order valence-electron chi connectivity index (χ2n) is 4.96. The number of hydrogen-bond acceptors (Lipinski definition) is 1. The molecule has 1 heterocycles. The molecule has 1 unspecified atom stereocenters. The van der Waals surface area contributed by atoms with Crippen LogP contribution >= 0.6 is 35.6 Å². The SMILES string of the molecule is CN=C(NCc1cccn1C)NC(C)c1cccc(Cl)c1.I. The lowest BCUT2D eigenvalue weighted by Crippen LogP contribution is -2.38. The average Bonchev–Trinajstić information content (AvgIpc) is 2.88. The molecule has 0 aliphatic carbocycles. The highest BCUT2D eigenvalue weighted by atomic mass is 127. The number of aromatic nitrogens is 1. The molecule has 4 nitrogen and oxygen atoms in total. The van der Waals surface area contributed by atoms with E-state index in [0.29, 0.717) is 0 Å². The van der Waals surface area contributed by atoms with Crippen LogP contribution in [0.15, 0.2) is 47.6 Å². The Hall–Kier alpha value is -1.21. The van der Waals surface area contributed by atoms with Gasteiger partial charge in [-0.25, -0.2) is 0 Å². The first kappa shape index (κ1) is 18.8. The zero-order valence-corrected chi connectivity index (χ0v) is 16.1. The zero-order valence-electron chi connectivity index (χ0n) is 13.0. The molecule has 0 aliphatic heterocycles. The molecule has 0 bridgehead atoms. The quantitative estimate of drug-likeness (QED) is 0.439. The van der Waals surface area contributed by atoms with Crippen LogP contribution in [-0.2, 0) is 13.6 Å². The third-order valence-electron chi connectivity index (χ3n) is 3.41. The Morgan fingerprint density at radius 3 is 2.68 bits per heavy atom. The number of guanidine groups is 1. The molecule has 2 rings (SSSR count). The van der Waals surface area contributed by atoms with Crippen LogP contribution in [0.4, 0.5) is 0 Å². The van der Waals surface area contributed by atoms with Gasteiger partial charge in [-0.3, -0.25) is 4.99 Å². The van der Waals surface area contributed by atoms with Gasteiger partial charge >= 0.3 is 0 Å². The first-order valence-electron chi connectivity index (χ1n) is 6.93. The van der Waals surface area contributed by atoms with Crippen molar-refractivity contribution in [2.75, 3.05) is 7.05 Å². The summed E-state index contributed by atoms with van der Waals surface area (Å²) >= 11 is 6.03. The molecule has 1 atom stereocenters. The van der Waals surface area contributed by atoms with Crippen LogP contribution < -0.4 is 10.6 Å². The van der Waals surface area contributed by atoms with E-state index in [1.54, 1.807) is 7.05 Å². The van der Waals surface area contributed by atoms with Crippen molar-refractivity contribution in [2.45, 2.75) is 19.5 Å². The topological polar surface area (TPSA) is 41.4 Å². The molecule has 22 heavy (non-hydrogen) atoms. The van der Waals surface area contributed by atoms with Gasteiger partial charge in [0.05, 0.1) is 12.6 Å². The van der Waals surface area contributed by atoms with E-state index >= 15 is 0 Å². The van der Waals surface area contributed by atoms with Gasteiger partial charge in [0.15, 0.2) is 5.96 Å². The first-order chi connectivity index (χ1) is 10.1. The van der Waals surface area contributed by atoms with Gasteiger partial charge in [0.2, 0.25) is 0 Å². The smallest absolute Gasteiger partial charge is 0.191 e. The number of aryl methyl sites for hydroxylation is 1. The highest BCUT2D eigenvalue weighted by Gasteiger charge is 2.08. The van der Waals surface area contributed by atoms with Crippen molar-refractivity contribution >= 4 is 41.5 Å². The second kappa shape index (κ2) is 9.05. The van der Waals surface area contributed by atoms with Gasteiger partial charge < -0.3 is 15.2 Å².